The van der Waals surface area contributed by atoms with E-state index in [0.29, 0.717) is 6.08 Å². The smallest absolute Gasteiger partial charge is 0.248 e. The highest BCUT2D eigenvalue weighted by molar-refractivity contribution is 5.14. The lowest BCUT2D eigenvalue weighted by Crippen LogP contribution is -2.22. The predicted molar refractivity (Wildman–Crippen MR) is 35.3 cm³/mol. The summed E-state index contributed by atoms with van der Waals surface area (Å²) in [6.45, 7) is -0.206. The Morgan fingerprint density at radius 1 is 1.42 bits per heavy atom. The average Bonchev–Trinajstić information content (AvgIpc) is 1.96. The average molecular weight is 188 g/mol. The number of alkyl halides is 5. The lowest BCUT2D eigenvalue weighted by molar-refractivity contribution is -0.101. The minimum absolute atomic E-state index is 0.0370. The lowest BCUT2D eigenvalue weighted by Gasteiger charge is -2.12. The van der Waals surface area contributed by atoms with Crippen LogP contribution in [0.5, 0.6) is 0 Å². The fourth-order valence-corrected chi connectivity index (χ4v) is 0.724. The van der Waals surface area contributed by atoms with E-state index < -0.39 is 24.6 Å². The standard InChI is InChI=1S/C7H9F5/c1-2-3-5(6(9)4-8)7(10,11)12/h3,6H,2,4H2,1H3. The molecule has 0 fully saturated rings. The molecule has 1 unspecified atom stereocenters. The van der Waals surface area contributed by atoms with Crippen molar-refractivity contribution in [1.82, 2.24) is 0 Å². The van der Waals surface area contributed by atoms with Crippen LogP contribution in [0.3, 0.4) is 0 Å². The molecular formula is C7H9F5. The maximum Gasteiger partial charge on any atom is 0.415 e. The molecule has 0 saturated heterocycles. The molecular weight excluding hydrogens is 179 g/mol. The maximum atomic E-state index is 12.3. The van der Waals surface area contributed by atoms with E-state index in [9.17, 15) is 22.0 Å². The third-order valence-corrected chi connectivity index (χ3v) is 1.22. The molecule has 0 amide bonds. The summed E-state index contributed by atoms with van der Waals surface area (Å²) in [5.41, 5.74) is -1.42. The van der Waals surface area contributed by atoms with Gasteiger partial charge in [-0.05, 0) is 6.42 Å². The first kappa shape index (κ1) is 11.4. The maximum absolute atomic E-state index is 12.3. The van der Waals surface area contributed by atoms with Gasteiger partial charge in [-0.2, -0.15) is 13.2 Å². The molecule has 0 rings (SSSR count). The Bertz CT molecular complexity index is 158. The van der Waals surface area contributed by atoms with Crippen molar-refractivity contribution in [2.24, 2.45) is 0 Å². The number of rotatable bonds is 3. The van der Waals surface area contributed by atoms with Gasteiger partial charge < -0.3 is 0 Å². The molecule has 0 aliphatic heterocycles. The van der Waals surface area contributed by atoms with Crippen LogP contribution in [0.1, 0.15) is 13.3 Å². The molecule has 0 N–H and O–H groups in total. The second-order valence-corrected chi connectivity index (χ2v) is 2.19. The van der Waals surface area contributed by atoms with E-state index in [-0.39, 0.29) is 6.42 Å². The zero-order valence-electron chi connectivity index (χ0n) is 6.46. The molecule has 12 heavy (non-hydrogen) atoms. The van der Waals surface area contributed by atoms with Crippen molar-refractivity contribution < 1.29 is 22.0 Å². The van der Waals surface area contributed by atoms with Crippen LogP contribution in [-0.2, 0) is 0 Å². The van der Waals surface area contributed by atoms with Gasteiger partial charge in [-0.25, -0.2) is 8.78 Å². The molecule has 1 atom stereocenters. The summed E-state index contributed by atoms with van der Waals surface area (Å²) < 4.78 is 59.5. The zero-order chi connectivity index (χ0) is 9.78. The van der Waals surface area contributed by atoms with Crippen molar-refractivity contribution >= 4 is 0 Å². The van der Waals surface area contributed by atoms with Crippen LogP contribution in [0.4, 0.5) is 22.0 Å². The van der Waals surface area contributed by atoms with E-state index in [1.54, 1.807) is 0 Å². The minimum atomic E-state index is -4.76. The Morgan fingerprint density at radius 3 is 2.17 bits per heavy atom. The first-order chi connectivity index (χ1) is 5.43. The summed E-state index contributed by atoms with van der Waals surface area (Å²) in [5.74, 6) is 0. The van der Waals surface area contributed by atoms with Crippen LogP contribution in [0.2, 0.25) is 0 Å². The van der Waals surface area contributed by atoms with Gasteiger partial charge in [0, 0.05) is 0 Å². The van der Waals surface area contributed by atoms with Crippen LogP contribution in [0.15, 0.2) is 11.6 Å². The summed E-state index contributed by atoms with van der Waals surface area (Å²) in [7, 11) is 0. The van der Waals surface area contributed by atoms with Crippen LogP contribution >= 0.6 is 0 Å². The third-order valence-electron chi connectivity index (χ3n) is 1.22. The number of hydrogen-bond donors (Lipinski definition) is 0. The number of halogens is 5. The van der Waals surface area contributed by atoms with Crippen molar-refractivity contribution in [3.05, 3.63) is 11.6 Å². The minimum Gasteiger partial charge on any atom is -0.248 e. The van der Waals surface area contributed by atoms with E-state index in [1.807, 2.05) is 0 Å². The summed E-state index contributed by atoms with van der Waals surface area (Å²) in [5, 5.41) is 0. The molecule has 0 radical (unpaired) electrons. The van der Waals surface area contributed by atoms with E-state index in [0.717, 1.165) is 0 Å². The molecule has 0 bridgehead atoms. The van der Waals surface area contributed by atoms with Gasteiger partial charge in [0.1, 0.15) is 6.67 Å². The van der Waals surface area contributed by atoms with Gasteiger partial charge in [0.05, 0.1) is 5.57 Å². The Labute approximate surface area is 67.1 Å². The van der Waals surface area contributed by atoms with Crippen LogP contribution in [-0.4, -0.2) is 19.0 Å². The van der Waals surface area contributed by atoms with Gasteiger partial charge in [0.2, 0.25) is 0 Å². The van der Waals surface area contributed by atoms with E-state index in [1.165, 1.54) is 6.92 Å². The fraction of sp³-hybridized carbons (Fsp3) is 0.714. The molecule has 0 saturated carbocycles. The van der Waals surface area contributed by atoms with Crippen molar-refractivity contribution in [2.45, 2.75) is 25.7 Å². The molecule has 0 aliphatic rings. The van der Waals surface area contributed by atoms with Crippen LogP contribution < -0.4 is 0 Å². The first-order valence-corrected chi connectivity index (χ1v) is 3.40. The van der Waals surface area contributed by atoms with Crippen molar-refractivity contribution in [2.75, 3.05) is 6.67 Å². The molecule has 0 nitrogen and oxygen atoms in total. The van der Waals surface area contributed by atoms with E-state index in [2.05, 4.69) is 0 Å². The predicted octanol–water partition coefficient (Wildman–Crippen LogP) is 3.19. The number of hydrogen-bond acceptors (Lipinski definition) is 0. The molecule has 0 aromatic rings. The highest BCUT2D eigenvalue weighted by atomic mass is 19.4. The molecule has 0 aromatic carbocycles. The highest BCUT2D eigenvalue weighted by Crippen LogP contribution is 2.30. The third kappa shape index (κ3) is 3.19. The van der Waals surface area contributed by atoms with Gasteiger partial charge >= 0.3 is 6.18 Å². The van der Waals surface area contributed by atoms with Gasteiger partial charge in [-0.1, -0.05) is 13.0 Å². The Hall–Kier alpha value is -0.610. The van der Waals surface area contributed by atoms with Crippen molar-refractivity contribution in [3.63, 3.8) is 0 Å². The monoisotopic (exact) mass is 188 g/mol. The molecule has 0 aromatic heterocycles. The van der Waals surface area contributed by atoms with E-state index in [4.69, 9.17) is 0 Å². The van der Waals surface area contributed by atoms with Gasteiger partial charge in [-0.3, -0.25) is 0 Å². The second kappa shape index (κ2) is 4.42. The Kier molecular flexibility index (Phi) is 4.20. The quantitative estimate of drug-likeness (QED) is 0.471. The normalized spacial score (nSPS) is 16.3. The lowest BCUT2D eigenvalue weighted by atomic mass is 10.1. The number of allylic oxidation sites excluding steroid dienone is 2. The van der Waals surface area contributed by atoms with E-state index >= 15 is 0 Å². The highest BCUT2D eigenvalue weighted by Gasteiger charge is 2.38. The summed E-state index contributed by atoms with van der Waals surface area (Å²) in [6.07, 6.45) is -6.62. The molecule has 72 valence electrons. The van der Waals surface area contributed by atoms with Crippen molar-refractivity contribution in [3.8, 4) is 0 Å². The SMILES string of the molecule is CCC=C(C(F)CF)C(F)(F)F. The largest absolute Gasteiger partial charge is 0.415 e. The molecule has 0 spiro atoms. The molecule has 0 aliphatic carbocycles. The van der Waals surface area contributed by atoms with Gasteiger partial charge in [-0.15, -0.1) is 0 Å². The van der Waals surface area contributed by atoms with Gasteiger partial charge in [0.15, 0.2) is 6.17 Å². The fourth-order valence-electron chi connectivity index (χ4n) is 0.724. The van der Waals surface area contributed by atoms with Crippen LogP contribution in [0, 0.1) is 0 Å². The van der Waals surface area contributed by atoms with Gasteiger partial charge in [0.25, 0.3) is 0 Å². The molecule has 5 heteroatoms. The summed E-state index contributed by atoms with van der Waals surface area (Å²) in [6, 6.07) is 0. The first-order valence-electron chi connectivity index (χ1n) is 3.40. The topological polar surface area (TPSA) is 0 Å². The Morgan fingerprint density at radius 2 is 1.92 bits per heavy atom. The second-order valence-electron chi connectivity index (χ2n) is 2.19. The summed E-state index contributed by atoms with van der Waals surface area (Å²) >= 11 is 0. The van der Waals surface area contributed by atoms with Crippen LogP contribution in [0.25, 0.3) is 0 Å². The zero-order valence-corrected chi connectivity index (χ0v) is 6.46. The molecule has 0 heterocycles. The van der Waals surface area contributed by atoms with Crippen molar-refractivity contribution in [1.29, 1.82) is 0 Å². The Balaban J connectivity index is 4.56. The summed E-state index contributed by atoms with van der Waals surface area (Å²) in [4.78, 5) is 0.